The fourth-order valence-corrected chi connectivity index (χ4v) is 4.18. The Balaban J connectivity index is 2.05. The van der Waals surface area contributed by atoms with E-state index in [2.05, 4.69) is 28.9 Å². The second kappa shape index (κ2) is 4.48. The lowest BCUT2D eigenvalue weighted by Gasteiger charge is -2.21. The molecule has 0 atom stereocenters. The number of halogens is 1. The first-order valence-electron chi connectivity index (χ1n) is 6.86. The van der Waals surface area contributed by atoms with Crippen LogP contribution in [0.5, 0.6) is 0 Å². The van der Waals surface area contributed by atoms with Crippen LogP contribution in [0, 0.1) is 12.3 Å². The number of hydrogen-bond acceptors (Lipinski definition) is 1. The molecule has 1 aromatic carbocycles. The molecule has 2 heteroatoms. The van der Waals surface area contributed by atoms with Crippen LogP contribution in [-0.2, 0) is 12.8 Å². The molecule has 0 unspecified atom stereocenters. The molecule has 0 bridgehead atoms. The van der Waals surface area contributed by atoms with Gasteiger partial charge in [0, 0.05) is 5.56 Å². The van der Waals surface area contributed by atoms with Crippen molar-refractivity contribution in [3.05, 3.63) is 34.4 Å². The van der Waals surface area contributed by atoms with Crippen LogP contribution in [0.1, 0.15) is 52.7 Å². The molecule has 0 saturated heterocycles. The maximum Gasteiger partial charge on any atom is 0.173 e. The largest absolute Gasteiger partial charge is 0.293 e. The lowest BCUT2D eigenvalue weighted by Crippen LogP contribution is -2.16. The standard InChI is InChI=1S/C16H19BrO/c1-11-4-5-12(15(18)10-17)14-9-16(8-13(11)14)6-2-3-7-16/h4-5H,2-3,6-10H2,1H3. The van der Waals surface area contributed by atoms with Gasteiger partial charge in [0.15, 0.2) is 5.78 Å². The molecule has 2 aliphatic rings. The second-order valence-electron chi connectivity index (χ2n) is 6.00. The van der Waals surface area contributed by atoms with Gasteiger partial charge in [-0.2, -0.15) is 0 Å². The minimum absolute atomic E-state index is 0.237. The van der Waals surface area contributed by atoms with Crippen LogP contribution >= 0.6 is 15.9 Å². The van der Waals surface area contributed by atoms with Gasteiger partial charge in [-0.05, 0) is 54.7 Å². The minimum atomic E-state index is 0.237. The summed E-state index contributed by atoms with van der Waals surface area (Å²) in [5.74, 6) is 0.237. The topological polar surface area (TPSA) is 17.1 Å². The molecule has 3 rings (SSSR count). The summed E-state index contributed by atoms with van der Waals surface area (Å²) >= 11 is 3.30. The van der Waals surface area contributed by atoms with Gasteiger partial charge in [-0.25, -0.2) is 0 Å². The smallest absolute Gasteiger partial charge is 0.173 e. The number of aryl methyl sites for hydroxylation is 1. The molecule has 0 radical (unpaired) electrons. The van der Waals surface area contributed by atoms with Crippen LogP contribution in [0.3, 0.4) is 0 Å². The van der Waals surface area contributed by atoms with Crippen molar-refractivity contribution in [1.29, 1.82) is 0 Å². The van der Waals surface area contributed by atoms with Gasteiger partial charge in [-0.15, -0.1) is 0 Å². The van der Waals surface area contributed by atoms with Crippen molar-refractivity contribution in [2.75, 3.05) is 5.33 Å². The van der Waals surface area contributed by atoms with Crippen molar-refractivity contribution < 1.29 is 4.79 Å². The highest BCUT2D eigenvalue weighted by Crippen LogP contribution is 2.50. The highest BCUT2D eigenvalue weighted by atomic mass is 79.9. The number of alkyl halides is 1. The Hall–Kier alpha value is -0.630. The van der Waals surface area contributed by atoms with Gasteiger partial charge in [-0.3, -0.25) is 4.79 Å². The van der Waals surface area contributed by atoms with E-state index < -0.39 is 0 Å². The predicted octanol–water partition coefficient (Wildman–Crippen LogP) is 4.23. The zero-order chi connectivity index (χ0) is 12.8. The average Bonchev–Trinajstić information content (AvgIpc) is 2.97. The normalized spacial score (nSPS) is 20.3. The molecule has 0 heterocycles. The average molecular weight is 307 g/mol. The third kappa shape index (κ3) is 1.85. The maximum atomic E-state index is 12.0. The number of carbonyl (C=O) groups excluding carboxylic acids is 1. The van der Waals surface area contributed by atoms with E-state index >= 15 is 0 Å². The van der Waals surface area contributed by atoms with Crippen LogP contribution in [0.2, 0.25) is 0 Å². The van der Waals surface area contributed by atoms with Gasteiger partial charge in [0.1, 0.15) is 0 Å². The van der Waals surface area contributed by atoms with Gasteiger partial charge < -0.3 is 0 Å². The van der Waals surface area contributed by atoms with E-state index in [1.807, 2.05) is 6.07 Å². The summed E-state index contributed by atoms with van der Waals surface area (Å²) in [7, 11) is 0. The Morgan fingerprint density at radius 3 is 2.56 bits per heavy atom. The van der Waals surface area contributed by atoms with Crippen LogP contribution in [0.25, 0.3) is 0 Å². The number of fused-ring (bicyclic) bond motifs is 1. The molecule has 18 heavy (non-hydrogen) atoms. The van der Waals surface area contributed by atoms with Gasteiger partial charge in [0.2, 0.25) is 0 Å². The Bertz CT molecular complexity index is 498. The lowest BCUT2D eigenvalue weighted by atomic mass is 9.83. The molecule has 1 saturated carbocycles. The molecule has 0 aliphatic heterocycles. The first kappa shape index (κ1) is 12.4. The summed E-state index contributed by atoms with van der Waals surface area (Å²) < 4.78 is 0. The summed E-state index contributed by atoms with van der Waals surface area (Å²) in [6.45, 7) is 2.19. The highest BCUT2D eigenvalue weighted by molar-refractivity contribution is 9.09. The lowest BCUT2D eigenvalue weighted by molar-refractivity contribution is 0.102. The van der Waals surface area contributed by atoms with Gasteiger partial charge in [0.25, 0.3) is 0 Å². The molecule has 1 nitrogen and oxygen atoms in total. The van der Waals surface area contributed by atoms with E-state index in [9.17, 15) is 4.79 Å². The zero-order valence-electron chi connectivity index (χ0n) is 10.9. The van der Waals surface area contributed by atoms with Crippen molar-refractivity contribution in [1.82, 2.24) is 0 Å². The van der Waals surface area contributed by atoms with Gasteiger partial charge in [0.05, 0.1) is 5.33 Å². The summed E-state index contributed by atoms with van der Waals surface area (Å²) in [4.78, 5) is 12.0. The van der Waals surface area contributed by atoms with Crippen molar-refractivity contribution in [2.24, 2.45) is 5.41 Å². The maximum absolute atomic E-state index is 12.0. The zero-order valence-corrected chi connectivity index (χ0v) is 12.5. The van der Waals surface area contributed by atoms with Crippen LogP contribution < -0.4 is 0 Å². The molecule has 1 aromatic rings. The quantitative estimate of drug-likeness (QED) is 0.590. The first-order chi connectivity index (χ1) is 8.65. The molecular formula is C16H19BrO. The van der Waals surface area contributed by atoms with Crippen LogP contribution in [0.4, 0.5) is 0 Å². The van der Waals surface area contributed by atoms with Crippen molar-refractivity contribution in [2.45, 2.75) is 45.4 Å². The number of ketones is 1. The number of rotatable bonds is 2. The van der Waals surface area contributed by atoms with E-state index in [0.717, 1.165) is 12.0 Å². The monoisotopic (exact) mass is 306 g/mol. The number of Topliss-reactive ketones (excluding diaryl/α,β-unsaturated/α-hetero) is 1. The molecular weight excluding hydrogens is 288 g/mol. The van der Waals surface area contributed by atoms with Crippen molar-refractivity contribution >= 4 is 21.7 Å². The summed E-state index contributed by atoms with van der Waals surface area (Å²) in [5.41, 5.74) is 5.68. The molecule has 0 amide bonds. The third-order valence-corrected chi connectivity index (χ3v) is 5.36. The van der Waals surface area contributed by atoms with E-state index in [-0.39, 0.29) is 5.78 Å². The first-order valence-corrected chi connectivity index (χ1v) is 7.98. The molecule has 1 fully saturated rings. The SMILES string of the molecule is Cc1ccc(C(=O)CBr)c2c1CC1(CCCC1)C2. The van der Waals surface area contributed by atoms with E-state index in [0.29, 0.717) is 10.7 Å². The van der Waals surface area contributed by atoms with Gasteiger partial charge >= 0.3 is 0 Å². The Morgan fingerprint density at radius 1 is 1.22 bits per heavy atom. The van der Waals surface area contributed by atoms with E-state index in [1.165, 1.54) is 48.8 Å². The van der Waals surface area contributed by atoms with Crippen molar-refractivity contribution in [3.8, 4) is 0 Å². The number of benzene rings is 1. The number of hydrogen-bond donors (Lipinski definition) is 0. The second-order valence-corrected chi connectivity index (χ2v) is 6.57. The summed E-state index contributed by atoms with van der Waals surface area (Å²) in [5, 5.41) is 0.440. The fraction of sp³-hybridized carbons (Fsp3) is 0.562. The molecule has 0 N–H and O–H groups in total. The molecule has 96 valence electrons. The highest BCUT2D eigenvalue weighted by Gasteiger charge is 2.41. The van der Waals surface area contributed by atoms with Crippen LogP contribution in [0.15, 0.2) is 12.1 Å². The minimum Gasteiger partial charge on any atom is -0.293 e. The Labute approximate surface area is 117 Å². The number of carbonyl (C=O) groups is 1. The molecule has 0 aromatic heterocycles. The molecule has 2 aliphatic carbocycles. The Kier molecular flexibility index (Phi) is 3.09. The molecule has 1 spiro atoms. The van der Waals surface area contributed by atoms with Gasteiger partial charge in [-0.1, -0.05) is 40.9 Å². The summed E-state index contributed by atoms with van der Waals surface area (Å²) in [6, 6.07) is 4.16. The summed E-state index contributed by atoms with van der Waals surface area (Å²) in [6.07, 6.45) is 7.78. The third-order valence-electron chi connectivity index (χ3n) is 4.85. The Morgan fingerprint density at radius 2 is 1.89 bits per heavy atom. The fourth-order valence-electron chi connectivity index (χ4n) is 3.88. The van der Waals surface area contributed by atoms with E-state index in [4.69, 9.17) is 0 Å². The van der Waals surface area contributed by atoms with Crippen LogP contribution in [-0.4, -0.2) is 11.1 Å². The van der Waals surface area contributed by atoms with E-state index in [1.54, 1.807) is 0 Å². The van der Waals surface area contributed by atoms with Crippen molar-refractivity contribution in [3.63, 3.8) is 0 Å². The predicted molar refractivity (Wildman–Crippen MR) is 77.6 cm³/mol.